The Morgan fingerprint density at radius 3 is 2.80 bits per heavy atom. The Morgan fingerprint density at radius 1 is 1.45 bits per heavy atom. The Balaban J connectivity index is 2.35. The Kier molecular flexibility index (Phi) is 4.19. The average Bonchev–Trinajstić information content (AvgIpc) is 2.85. The molecule has 0 radical (unpaired) electrons. The number of hydrogen-bond donors (Lipinski definition) is 1. The molecule has 1 aliphatic heterocycles. The van der Waals surface area contributed by atoms with E-state index in [9.17, 15) is 13.2 Å². The van der Waals surface area contributed by atoms with Crippen LogP contribution in [0.5, 0.6) is 0 Å². The van der Waals surface area contributed by atoms with E-state index in [1.165, 1.54) is 6.07 Å². The number of likely N-dealkylation sites (N-methyl/N-ethyl adjacent to an activating group) is 1. The van der Waals surface area contributed by atoms with Crippen LogP contribution >= 0.6 is 0 Å². The maximum Gasteiger partial charge on any atom is 0.416 e. The van der Waals surface area contributed by atoms with Crippen LogP contribution in [0.2, 0.25) is 0 Å². The van der Waals surface area contributed by atoms with Crippen molar-refractivity contribution in [3.63, 3.8) is 0 Å². The summed E-state index contributed by atoms with van der Waals surface area (Å²) in [5.74, 6) is 0. The number of hydrogen-bond acceptors (Lipinski definition) is 3. The second kappa shape index (κ2) is 5.71. The molecule has 108 valence electrons. The average molecular weight is 283 g/mol. The van der Waals surface area contributed by atoms with Crippen molar-refractivity contribution in [1.82, 2.24) is 5.32 Å². The molecule has 1 aromatic carbocycles. The van der Waals surface area contributed by atoms with E-state index < -0.39 is 11.7 Å². The number of nitriles is 1. The monoisotopic (exact) mass is 283 g/mol. The van der Waals surface area contributed by atoms with Crippen molar-refractivity contribution in [3.05, 3.63) is 29.3 Å². The minimum atomic E-state index is -4.42. The third-order valence-electron chi connectivity index (χ3n) is 3.57. The summed E-state index contributed by atoms with van der Waals surface area (Å²) >= 11 is 0. The molecule has 1 unspecified atom stereocenters. The lowest BCUT2D eigenvalue weighted by molar-refractivity contribution is -0.137. The van der Waals surface area contributed by atoms with Crippen molar-refractivity contribution in [2.75, 3.05) is 25.0 Å². The second-order valence-electron chi connectivity index (χ2n) is 4.89. The van der Waals surface area contributed by atoms with Gasteiger partial charge in [0.2, 0.25) is 0 Å². The van der Waals surface area contributed by atoms with Gasteiger partial charge in [0.1, 0.15) is 6.07 Å². The van der Waals surface area contributed by atoms with Crippen LogP contribution in [0, 0.1) is 11.3 Å². The maximum absolute atomic E-state index is 12.7. The van der Waals surface area contributed by atoms with Crippen LogP contribution in [-0.4, -0.2) is 26.2 Å². The van der Waals surface area contributed by atoms with Gasteiger partial charge in [0, 0.05) is 19.1 Å². The molecule has 0 bridgehead atoms. The van der Waals surface area contributed by atoms with E-state index in [0.29, 0.717) is 5.69 Å². The topological polar surface area (TPSA) is 39.1 Å². The van der Waals surface area contributed by atoms with Crippen molar-refractivity contribution in [3.8, 4) is 6.07 Å². The van der Waals surface area contributed by atoms with E-state index >= 15 is 0 Å². The first-order chi connectivity index (χ1) is 9.47. The Morgan fingerprint density at radius 2 is 2.20 bits per heavy atom. The molecule has 0 aliphatic carbocycles. The highest BCUT2D eigenvalue weighted by Gasteiger charge is 2.32. The van der Waals surface area contributed by atoms with Gasteiger partial charge in [0.25, 0.3) is 0 Å². The molecule has 6 heteroatoms. The zero-order valence-electron chi connectivity index (χ0n) is 11.2. The largest absolute Gasteiger partial charge is 0.416 e. The number of rotatable bonds is 3. The van der Waals surface area contributed by atoms with Crippen LogP contribution in [0.15, 0.2) is 18.2 Å². The summed E-state index contributed by atoms with van der Waals surface area (Å²) in [6.07, 6.45) is -2.45. The molecule has 0 saturated carbocycles. The molecule has 1 aromatic rings. The van der Waals surface area contributed by atoms with E-state index in [1.54, 1.807) is 0 Å². The standard InChI is InChI=1S/C14H16F3N3/c1-19-9-12-3-2-6-20(12)13-5-4-11(14(15,16)17)7-10(13)8-18/h4-5,7,12,19H,2-3,6,9H2,1H3. The first kappa shape index (κ1) is 14.7. The molecule has 0 spiro atoms. The lowest BCUT2D eigenvalue weighted by Gasteiger charge is -2.27. The summed E-state index contributed by atoms with van der Waals surface area (Å²) in [5.41, 5.74) is -0.0942. The molecule has 20 heavy (non-hydrogen) atoms. The van der Waals surface area contributed by atoms with Gasteiger partial charge in [-0.2, -0.15) is 18.4 Å². The molecule has 1 fully saturated rings. The van der Waals surface area contributed by atoms with Gasteiger partial charge in [-0.3, -0.25) is 0 Å². The van der Waals surface area contributed by atoms with E-state index in [2.05, 4.69) is 5.32 Å². The predicted octanol–water partition coefficient (Wildman–Crippen LogP) is 2.77. The first-order valence-corrected chi connectivity index (χ1v) is 6.50. The van der Waals surface area contributed by atoms with Gasteiger partial charge in [0.15, 0.2) is 0 Å². The summed E-state index contributed by atoms with van der Waals surface area (Å²) in [4.78, 5) is 2.02. The third-order valence-corrected chi connectivity index (χ3v) is 3.57. The molecule has 2 rings (SSSR count). The van der Waals surface area contributed by atoms with Gasteiger partial charge in [-0.25, -0.2) is 0 Å². The van der Waals surface area contributed by atoms with Crippen LogP contribution in [0.3, 0.4) is 0 Å². The van der Waals surface area contributed by atoms with Crippen LogP contribution in [0.25, 0.3) is 0 Å². The van der Waals surface area contributed by atoms with Gasteiger partial charge in [-0.05, 0) is 38.1 Å². The Hall–Kier alpha value is -1.74. The fourth-order valence-electron chi connectivity index (χ4n) is 2.65. The van der Waals surface area contributed by atoms with Crippen molar-refractivity contribution in [2.45, 2.75) is 25.1 Å². The molecule has 1 aliphatic rings. The van der Waals surface area contributed by atoms with Crippen molar-refractivity contribution in [1.29, 1.82) is 5.26 Å². The second-order valence-corrected chi connectivity index (χ2v) is 4.89. The Bertz CT molecular complexity index is 519. The van der Waals surface area contributed by atoms with E-state index in [4.69, 9.17) is 5.26 Å². The van der Waals surface area contributed by atoms with Crippen molar-refractivity contribution in [2.24, 2.45) is 0 Å². The lowest BCUT2D eigenvalue weighted by atomic mass is 10.1. The molecule has 1 N–H and O–H groups in total. The van der Waals surface area contributed by atoms with Crippen LogP contribution in [0.1, 0.15) is 24.0 Å². The van der Waals surface area contributed by atoms with Crippen molar-refractivity contribution < 1.29 is 13.2 Å². The summed E-state index contributed by atoms with van der Waals surface area (Å²) in [5, 5.41) is 12.2. The molecule has 3 nitrogen and oxygen atoms in total. The van der Waals surface area contributed by atoms with Crippen molar-refractivity contribution >= 4 is 5.69 Å². The number of nitrogens with zero attached hydrogens (tertiary/aromatic N) is 2. The van der Waals surface area contributed by atoms with E-state index in [0.717, 1.165) is 38.1 Å². The molecule has 0 aromatic heterocycles. The number of halogens is 3. The summed E-state index contributed by atoms with van der Waals surface area (Å²) in [6.45, 7) is 1.53. The van der Waals surface area contributed by atoms with Gasteiger partial charge in [-0.15, -0.1) is 0 Å². The first-order valence-electron chi connectivity index (χ1n) is 6.50. The zero-order chi connectivity index (χ0) is 14.8. The summed E-state index contributed by atoms with van der Waals surface area (Å²) < 4.78 is 38.0. The highest BCUT2D eigenvalue weighted by Crippen LogP contribution is 2.34. The molecule has 1 atom stereocenters. The zero-order valence-corrected chi connectivity index (χ0v) is 11.2. The van der Waals surface area contributed by atoms with Gasteiger partial charge < -0.3 is 10.2 Å². The van der Waals surface area contributed by atoms with E-state index in [1.807, 2.05) is 18.0 Å². The SMILES string of the molecule is CNCC1CCCN1c1ccc(C(F)(F)F)cc1C#N. The summed E-state index contributed by atoms with van der Waals surface area (Å²) in [7, 11) is 1.84. The van der Waals surface area contributed by atoms with Gasteiger partial charge in [0.05, 0.1) is 16.8 Å². The fourth-order valence-corrected chi connectivity index (χ4v) is 2.65. The number of alkyl halides is 3. The van der Waals surface area contributed by atoms with Gasteiger partial charge >= 0.3 is 6.18 Å². The summed E-state index contributed by atoms with van der Waals surface area (Å²) in [6, 6.07) is 5.50. The van der Waals surface area contributed by atoms with E-state index in [-0.39, 0.29) is 11.6 Å². The Labute approximate surface area is 116 Å². The fraction of sp³-hybridized carbons (Fsp3) is 0.500. The number of nitrogens with one attached hydrogen (secondary N) is 1. The quantitative estimate of drug-likeness (QED) is 0.927. The van der Waals surface area contributed by atoms with Gasteiger partial charge in [-0.1, -0.05) is 0 Å². The highest BCUT2D eigenvalue weighted by atomic mass is 19.4. The van der Waals surface area contributed by atoms with Crippen LogP contribution < -0.4 is 10.2 Å². The molecule has 1 saturated heterocycles. The maximum atomic E-state index is 12.7. The molecular formula is C14H16F3N3. The minimum Gasteiger partial charge on any atom is -0.366 e. The molecule has 1 heterocycles. The van der Waals surface area contributed by atoms with Crippen LogP contribution in [-0.2, 0) is 6.18 Å². The highest BCUT2D eigenvalue weighted by molar-refractivity contribution is 5.62. The lowest BCUT2D eigenvalue weighted by Crippen LogP contribution is -2.37. The number of benzene rings is 1. The predicted molar refractivity (Wildman–Crippen MR) is 70.5 cm³/mol. The molecular weight excluding hydrogens is 267 g/mol. The molecule has 0 amide bonds. The minimum absolute atomic E-state index is 0.0860. The normalized spacial score (nSPS) is 19.1. The smallest absolute Gasteiger partial charge is 0.366 e. The van der Waals surface area contributed by atoms with Crippen LogP contribution in [0.4, 0.5) is 18.9 Å². The third kappa shape index (κ3) is 2.88. The number of anilines is 1.